The average Bonchev–Trinajstić information content (AvgIpc) is 2.92. The Morgan fingerprint density at radius 3 is 2.72 bits per heavy atom. The van der Waals surface area contributed by atoms with Crippen LogP contribution in [0.4, 0.5) is 5.69 Å². The summed E-state index contributed by atoms with van der Waals surface area (Å²) in [4.78, 5) is 19.1. The van der Waals surface area contributed by atoms with Gasteiger partial charge in [-0.15, -0.1) is 6.42 Å². The second kappa shape index (κ2) is 9.46. The van der Waals surface area contributed by atoms with E-state index < -0.39 is 0 Å². The van der Waals surface area contributed by atoms with E-state index in [1.807, 2.05) is 0 Å². The summed E-state index contributed by atoms with van der Waals surface area (Å²) in [6.07, 6.45) is 6.93. The third-order valence-corrected chi connectivity index (χ3v) is 6.55. The van der Waals surface area contributed by atoms with E-state index in [0.717, 1.165) is 4.47 Å². The van der Waals surface area contributed by atoms with Gasteiger partial charge in [0.05, 0.1) is 20.6 Å². The summed E-state index contributed by atoms with van der Waals surface area (Å²) < 4.78 is 6.30. The van der Waals surface area contributed by atoms with Gasteiger partial charge in [-0.25, -0.2) is 4.99 Å². The molecule has 0 aromatic heterocycles. The summed E-state index contributed by atoms with van der Waals surface area (Å²) >= 11 is 23.0. The van der Waals surface area contributed by atoms with Crippen LogP contribution in [0, 0.1) is 12.3 Å². The highest BCUT2D eigenvalue weighted by Gasteiger charge is 2.31. The highest BCUT2D eigenvalue weighted by molar-refractivity contribution is 9.10. The van der Waals surface area contributed by atoms with Crippen molar-refractivity contribution in [1.29, 1.82) is 0 Å². The Morgan fingerprint density at radius 1 is 1.28 bits per heavy atom. The first kappa shape index (κ1) is 22.1. The van der Waals surface area contributed by atoms with Crippen LogP contribution in [0.2, 0.25) is 15.1 Å². The minimum atomic E-state index is -0.212. The first-order valence-corrected chi connectivity index (χ1v) is 10.8. The van der Waals surface area contributed by atoms with E-state index in [1.54, 1.807) is 43.5 Å². The van der Waals surface area contributed by atoms with E-state index in [2.05, 4.69) is 26.8 Å². The maximum atomic E-state index is 12.7. The molecule has 0 bridgehead atoms. The van der Waals surface area contributed by atoms with E-state index in [-0.39, 0.29) is 12.5 Å². The van der Waals surface area contributed by atoms with Crippen molar-refractivity contribution in [3.8, 4) is 18.1 Å². The number of benzene rings is 2. The zero-order chi connectivity index (χ0) is 21.1. The zero-order valence-electron chi connectivity index (χ0n) is 14.9. The summed E-state index contributed by atoms with van der Waals surface area (Å²) in [5, 5.41) is 1.77. The molecule has 148 valence electrons. The van der Waals surface area contributed by atoms with Crippen molar-refractivity contribution in [1.82, 2.24) is 4.90 Å². The number of rotatable bonds is 4. The second-order valence-electron chi connectivity index (χ2n) is 5.77. The molecule has 2 aromatic rings. The topological polar surface area (TPSA) is 41.9 Å². The predicted octanol–water partition coefficient (Wildman–Crippen LogP) is 6.66. The highest BCUT2D eigenvalue weighted by atomic mass is 79.9. The van der Waals surface area contributed by atoms with Crippen LogP contribution >= 0.6 is 62.5 Å². The quantitative estimate of drug-likeness (QED) is 0.328. The van der Waals surface area contributed by atoms with Gasteiger partial charge in [-0.05, 0) is 64.1 Å². The monoisotopic (exact) mass is 528 g/mol. The van der Waals surface area contributed by atoms with E-state index >= 15 is 0 Å². The van der Waals surface area contributed by atoms with Crippen LogP contribution in [0.25, 0.3) is 6.08 Å². The van der Waals surface area contributed by atoms with Crippen LogP contribution < -0.4 is 4.74 Å². The normalized spacial score (nSPS) is 16.6. The van der Waals surface area contributed by atoms with Crippen molar-refractivity contribution in [2.24, 2.45) is 4.99 Å². The first-order chi connectivity index (χ1) is 13.8. The SMILES string of the molecule is C#CCOc1c(Cl)cc(Cl)cc1/C=C1/SC(=Nc2ccc(Br)c(Cl)c2)N(C)C1=O. The Labute approximate surface area is 196 Å². The van der Waals surface area contributed by atoms with Crippen LogP contribution in [0.1, 0.15) is 5.56 Å². The smallest absolute Gasteiger partial charge is 0.266 e. The third kappa shape index (κ3) is 5.11. The van der Waals surface area contributed by atoms with Crippen molar-refractivity contribution in [2.45, 2.75) is 0 Å². The first-order valence-electron chi connectivity index (χ1n) is 8.07. The molecular weight excluding hydrogens is 519 g/mol. The van der Waals surface area contributed by atoms with Gasteiger partial charge in [-0.3, -0.25) is 9.69 Å². The molecule has 0 unspecified atom stereocenters. The molecule has 3 rings (SSSR count). The fourth-order valence-electron chi connectivity index (χ4n) is 2.41. The summed E-state index contributed by atoms with van der Waals surface area (Å²) in [7, 11) is 1.65. The lowest BCUT2D eigenvalue weighted by Gasteiger charge is -2.10. The molecule has 0 radical (unpaired) electrons. The van der Waals surface area contributed by atoms with Crippen molar-refractivity contribution in [3.05, 3.63) is 60.3 Å². The lowest BCUT2D eigenvalue weighted by Crippen LogP contribution is -2.23. The van der Waals surface area contributed by atoms with Gasteiger partial charge in [0.1, 0.15) is 12.4 Å². The molecule has 1 aliphatic rings. The largest absolute Gasteiger partial charge is 0.479 e. The predicted molar refractivity (Wildman–Crippen MR) is 125 cm³/mol. The number of amides is 1. The number of thioether (sulfide) groups is 1. The Kier molecular flexibility index (Phi) is 7.20. The molecule has 9 heteroatoms. The molecule has 4 nitrogen and oxygen atoms in total. The van der Waals surface area contributed by atoms with E-state index in [4.69, 9.17) is 46.0 Å². The molecule has 0 aliphatic carbocycles. The molecule has 1 amide bonds. The standard InChI is InChI=1S/C20H12BrCl3N2O2S/c1-3-6-28-18-11(7-12(22)9-16(18)24)8-17-19(27)26(2)20(29-17)25-13-4-5-14(21)15(23)10-13/h1,4-5,7-10H,6H2,2H3/b17-8+,25-20?. The minimum Gasteiger partial charge on any atom is -0.479 e. The van der Waals surface area contributed by atoms with Crippen LogP contribution in [0.3, 0.4) is 0 Å². The number of terminal acetylenes is 1. The van der Waals surface area contributed by atoms with Crippen LogP contribution in [-0.4, -0.2) is 29.6 Å². The van der Waals surface area contributed by atoms with Gasteiger partial charge in [-0.2, -0.15) is 0 Å². The molecule has 0 saturated carbocycles. The Hall–Kier alpha value is -1.62. The van der Waals surface area contributed by atoms with Crippen LogP contribution in [-0.2, 0) is 4.79 Å². The molecule has 2 aromatic carbocycles. The van der Waals surface area contributed by atoms with E-state index in [9.17, 15) is 4.79 Å². The number of ether oxygens (including phenoxy) is 1. The minimum absolute atomic E-state index is 0.0373. The summed E-state index contributed by atoms with van der Waals surface area (Å²) in [6.45, 7) is 0.0373. The van der Waals surface area contributed by atoms with Gasteiger partial charge < -0.3 is 4.74 Å². The number of likely N-dealkylation sites (N-methyl/N-ethyl adjacent to an activating group) is 1. The maximum Gasteiger partial charge on any atom is 0.266 e. The summed E-state index contributed by atoms with van der Waals surface area (Å²) in [6, 6.07) is 8.51. The fourth-order valence-corrected chi connectivity index (χ4v) is 4.37. The molecule has 1 heterocycles. The number of carbonyl (C=O) groups excluding carboxylic acids is 1. The number of halogens is 4. The summed E-state index contributed by atoms with van der Waals surface area (Å²) in [5.74, 6) is 2.54. The number of carbonyl (C=O) groups is 1. The lowest BCUT2D eigenvalue weighted by molar-refractivity contribution is -0.121. The van der Waals surface area contributed by atoms with E-state index in [0.29, 0.717) is 42.1 Å². The molecule has 29 heavy (non-hydrogen) atoms. The lowest BCUT2D eigenvalue weighted by atomic mass is 10.2. The van der Waals surface area contributed by atoms with Crippen molar-refractivity contribution in [3.63, 3.8) is 0 Å². The van der Waals surface area contributed by atoms with Gasteiger partial charge >= 0.3 is 0 Å². The molecule has 1 saturated heterocycles. The van der Waals surface area contributed by atoms with Gasteiger partial charge in [0.15, 0.2) is 5.17 Å². The van der Waals surface area contributed by atoms with Gasteiger partial charge in [-0.1, -0.05) is 40.7 Å². The number of hydrogen-bond acceptors (Lipinski definition) is 4. The van der Waals surface area contributed by atoms with Crippen LogP contribution in [0.15, 0.2) is 44.7 Å². The van der Waals surface area contributed by atoms with Crippen molar-refractivity contribution in [2.75, 3.05) is 13.7 Å². The van der Waals surface area contributed by atoms with Gasteiger partial charge in [0, 0.05) is 22.1 Å². The number of hydrogen-bond donors (Lipinski definition) is 0. The molecule has 1 fully saturated rings. The number of aliphatic imine (C=N–C) groups is 1. The number of amidine groups is 1. The van der Waals surface area contributed by atoms with E-state index in [1.165, 1.54) is 16.7 Å². The van der Waals surface area contributed by atoms with Crippen LogP contribution in [0.5, 0.6) is 5.75 Å². The second-order valence-corrected chi connectivity index (χ2v) is 8.88. The maximum absolute atomic E-state index is 12.7. The molecular formula is C20H12BrCl3N2O2S. The number of nitrogens with zero attached hydrogens (tertiary/aromatic N) is 2. The van der Waals surface area contributed by atoms with Gasteiger partial charge in [0.2, 0.25) is 0 Å². The zero-order valence-corrected chi connectivity index (χ0v) is 19.5. The van der Waals surface area contributed by atoms with Gasteiger partial charge in [0.25, 0.3) is 5.91 Å². The summed E-state index contributed by atoms with van der Waals surface area (Å²) in [5.41, 5.74) is 1.18. The molecule has 0 N–H and O–H groups in total. The molecule has 0 spiro atoms. The molecule has 0 atom stereocenters. The Morgan fingerprint density at radius 2 is 2.03 bits per heavy atom. The van der Waals surface area contributed by atoms with Crippen molar-refractivity contribution >= 4 is 85.3 Å². The molecule has 1 aliphatic heterocycles. The fraction of sp³-hybridized carbons (Fsp3) is 0.100. The average molecular weight is 531 g/mol. The highest BCUT2D eigenvalue weighted by Crippen LogP contribution is 2.38. The Balaban J connectivity index is 1.97. The van der Waals surface area contributed by atoms with Crippen molar-refractivity contribution < 1.29 is 9.53 Å². The Bertz CT molecular complexity index is 1100. The third-order valence-electron chi connectivity index (χ3n) is 3.76.